The highest BCUT2D eigenvalue weighted by molar-refractivity contribution is 6.30. The first-order valence-corrected chi connectivity index (χ1v) is 11.2. The molecule has 4 rings (SSSR count). The zero-order valence-corrected chi connectivity index (χ0v) is 19.4. The number of alkyl halides is 6. The molecule has 0 spiro atoms. The van der Waals surface area contributed by atoms with Crippen molar-refractivity contribution in [2.75, 3.05) is 13.1 Å². The van der Waals surface area contributed by atoms with Gasteiger partial charge in [0.15, 0.2) is 0 Å². The molecule has 2 aromatic carbocycles. The van der Waals surface area contributed by atoms with E-state index in [4.69, 9.17) is 16.4 Å². The molecule has 2 aliphatic rings. The lowest BCUT2D eigenvalue weighted by Gasteiger charge is -2.40. The van der Waals surface area contributed by atoms with E-state index in [2.05, 4.69) is 5.16 Å². The summed E-state index contributed by atoms with van der Waals surface area (Å²) in [5.41, 5.74) is -3.95. The fourth-order valence-electron chi connectivity index (χ4n) is 4.23. The van der Waals surface area contributed by atoms with Gasteiger partial charge in [-0.25, -0.2) is 0 Å². The number of likely N-dealkylation sites (tertiary alicyclic amines) is 1. The lowest BCUT2D eigenvalue weighted by molar-refractivity contribution is -0.276. The van der Waals surface area contributed by atoms with Crippen molar-refractivity contribution >= 4 is 23.2 Å². The van der Waals surface area contributed by atoms with Crippen molar-refractivity contribution in [1.82, 2.24) is 4.90 Å². The van der Waals surface area contributed by atoms with Crippen LogP contribution in [-0.4, -0.2) is 35.8 Å². The Morgan fingerprint density at radius 3 is 2.26 bits per heavy atom. The summed E-state index contributed by atoms with van der Waals surface area (Å²) in [4.78, 5) is 18.6. The summed E-state index contributed by atoms with van der Waals surface area (Å²) < 4.78 is 82.2. The SMILES string of the molecule is CC(C)C(=O)N1CC(c2ccc(C3=NOC(c4cc(Cl)cc(C(F)(F)F)c4)(C(F)(F)F)C3)cc2)C1. The van der Waals surface area contributed by atoms with E-state index in [-0.39, 0.29) is 23.5 Å². The molecule has 1 atom stereocenters. The maximum Gasteiger partial charge on any atom is 0.435 e. The van der Waals surface area contributed by atoms with E-state index in [1.54, 1.807) is 29.2 Å². The van der Waals surface area contributed by atoms with Gasteiger partial charge in [-0.15, -0.1) is 0 Å². The van der Waals surface area contributed by atoms with E-state index in [1.165, 1.54) is 0 Å². The van der Waals surface area contributed by atoms with Crippen molar-refractivity contribution in [3.05, 3.63) is 69.7 Å². The van der Waals surface area contributed by atoms with Crippen LogP contribution in [0.5, 0.6) is 0 Å². The van der Waals surface area contributed by atoms with Gasteiger partial charge in [0.05, 0.1) is 11.3 Å². The number of amides is 1. The third-order valence-electron chi connectivity index (χ3n) is 6.28. The van der Waals surface area contributed by atoms with Crippen LogP contribution >= 0.6 is 11.6 Å². The van der Waals surface area contributed by atoms with E-state index < -0.39 is 40.5 Å². The van der Waals surface area contributed by atoms with Crippen molar-refractivity contribution in [2.24, 2.45) is 11.1 Å². The fraction of sp³-hybridized carbons (Fsp3) is 0.417. The molecule has 1 unspecified atom stereocenters. The van der Waals surface area contributed by atoms with Crippen molar-refractivity contribution in [3.63, 3.8) is 0 Å². The smallest absolute Gasteiger partial charge is 0.374 e. The zero-order chi connectivity index (χ0) is 25.8. The second-order valence-electron chi connectivity index (χ2n) is 9.07. The van der Waals surface area contributed by atoms with Crippen LogP contribution in [0.1, 0.15) is 48.4 Å². The second kappa shape index (κ2) is 8.72. The van der Waals surface area contributed by atoms with E-state index >= 15 is 0 Å². The van der Waals surface area contributed by atoms with Gasteiger partial charge in [-0.3, -0.25) is 4.79 Å². The first-order chi connectivity index (χ1) is 16.2. The van der Waals surface area contributed by atoms with Gasteiger partial charge in [0.25, 0.3) is 5.60 Å². The summed E-state index contributed by atoms with van der Waals surface area (Å²) in [6.07, 6.45) is -10.8. The van der Waals surface area contributed by atoms with Crippen LogP contribution in [0.4, 0.5) is 26.3 Å². The average molecular weight is 519 g/mol. The minimum Gasteiger partial charge on any atom is -0.374 e. The number of rotatable bonds is 4. The Labute approximate surface area is 202 Å². The van der Waals surface area contributed by atoms with E-state index in [0.29, 0.717) is 30.8 Å². The molecule has 35 heavy (non-hydrogen) atoms. The summed E-state index contributed by atoms with van der Waals surface area (Å²) >= 11 is 5.73. The van der Waals surface area contributed by atoms with Gasteiger partial charge < -0.3 is 9.74 Å². The summed E-state index contributed by atoms with van der Waals surface area (Å²) in [5.74, 6) is 0.0860. The minimum absolute atomic E-state index is 0.0485. The first kappa shape index (κ1) is 25.3. The van der Waals surface area contributed by atoms with Crippen molar-refractivity contribution in [3.8, 4) is 0 Å². The van der Waals surface area contributed by atoms with Crippen LogP contribution in [0, 0.1) is 5.92 Å². The number of hydrogen-bond acceptors (Lipinski definition) is 3. The van der Waals surface area contributed by atoms with E-state index in [0.717, 1.165) is 11.6 Å². The van der Waals surface area contributed by atoms with Crippen LogP contribution in [0.2, 0.25) is 5.02 Å². The molecule has 2 aromatic rings. The Balaban J connectivity index is 1.55. The molecular formula is C24H21ClF6N2O2. The van der Waals surface area contributed by atoms with Crippen LogP contribution < -0.4 is 0 Å². The highest BCUT2D eigenvalue weighted by Crippen LogP contribution is 2.50. The molecule has 1 amide bonds. The Morgan fingerprint density at radius 2 is 1.71 bits per heavy atom. The molecular weight excluding hydrogens is 498 g/mol. The lowest BCUT2D eigenvalue weighted by Crippen LogP contribution is -2.49. The number of halogens is 7. The molecule has 1 saturated heterocycles. The highest BCUT2D eigenvalue weighted by atomic mass is 35.5. The zero-order valence-electron chi connectivity index (χ0n) is 18.7. The molecule has 11 heteroatoms. The first-order valence-electron chi connectivity index (χ1n) is 10.8. The molecule has 0 bridgehead atoms. The van der Waals surface area contributed by atoms with Crippen molar-refractivity contribution in [2.45, 2.75) is 44.1 Å². The van der Waals surface area contributed by atoms with Crippen LogP contribution in [0.3, 0.4) is 0 Å². The molecule has 0 N–H and O–H groups in total. The molecule has 0 radical (unpaired) electrons. The lowest BCUT2D eigenvalue weighted by atomic mass is 9.85. The third-order valence-corrected chi connectivity index (χ3v) is 6.50. The van der Waals surface area contributed by atoms with E-state index in [9.17, 15) is 31.1 Å². The summed E-state index contributed by atoms with van der Waals surface area (Å²) in [5, 5.41) is 3.11. The summed E-state index contributed by atoms with van der Waals surface area (Å²) in [7, 11) is 0. The number of hydrogen-bond donors (Lipinski definition) is 0. The third kappa shape index (κ3) is 4.72. The predicted octanol–water partition coefficient (Wildman–Crippen LogP) is 6.52. The van der Waals surface area contributed by atoms with Gasteiger partial charge in [0, 0.05) is 41.9 Å². The van der Waals surface area contributed by atoms with Gasteiger partial charge in [-0.2, -0.15) is 26.3 Å². The monoisotopic (exact) mass is 518 g/mol. The van der Waals surface area contributed by atoms with Crippen LogP contribution in [-0.2, 0) is 21.4 Å². The van der Waals surface area contributed by atoms with Crippen molar-refractivity contribution < 1.29 is 36.0 Å². The Kier molecular flexibility index (Phi) is 6.32. The maximum atomic E-state index is 14.2. The van der Waals surface area contributed by atoms with Gasteiger partial charge in [-0.05, 0) is 29.3 Å². The van der Waals surface area contributed by atoms with E-state index in [1.807, 2.05) is 13.8 Å². The Morgan fingerprint density at radius 1 is 1.09 bits per heavy atom. The molecule has 4 nitrogen and oxygen atoms in total. The Bertz CT molecular complexity index is 1150. The molecule has 0 saturated carbocycles. The van der Waals surface area contributed by atoms with Gasteiger partial charge in [-0.1, -0.05) is 54.9 Å². The number of benzene rings is 2. The molecule has 0 aromatic heterocycles. The number of oxime groups is 1. The average Bonchev–Trinajstić information content (AvgIpc) is 3.19. The molecule has 0 aliphatic carbocycles. The van der Waals surface area contributed by atoms with Crippen LogP contribution in [0.15, 0.2) is 47.6 Å². The number of carbonyl (C=O) groups excluding carboxylic acids is 1. The topological polar surface area (TPSA) is 41.9 Å². The van der Waals surface area contributed by atoms with Crippen molar-refractivity contribution in [1.29, 1.82) is 0 Å². The Hall–Kier alpha value is -2.75. The van der Waals surface area contributed by atoms with Gasteiger partial charge in [0.1, 0.15) is 0 Å². The fourth-order valence-corrected chi connectivity index (χ4v) is 4.46. The predicted molar refractivity (Wildman–Crippen MR) is 117 cm³/mol. The maximum absolute atomic E-state index is 14.2. The molecule has 1 fully saturated rings. The quantitative estimate of drug-likeness (QED) is 0.432. The second-order valence-corrected chi connectivity index (χ2v) is 9.51. The van der Waals surface area contributed by atoms with Gasteiger partial charge in [0.2, 0.25) is 5.91 Å². The van der Waals surface area contributed by atoms with Crippen LogP contribution in [0.25, 0.3) is 0 Å². The summed E-state index contributed by atoms with van der Waals surface area (Å²) in [6.45, 7) is 4.77. The minimum atomic E-state index is -5.07. The molecule has 2 aliphatic heterocycles. The number of nitrogens with zero attached hydrogens (tertiary/aromatic N) is 2. The summed E-state index contributed by atoms with van der Waals surface area (Å²) in [6, 6.07) is 8.43. The van der Waals surface area contributed by atoms with Gasteiger partial charge >= 0.3 is 12.4 Å². The normalized spacial score (nSPS) is 21.1. The molecule has 2 heterocycles. The molecule has 188 valence electrons. The standard InChI is InChI=1S/C24H21ClF6N2O2/c1-13(2)21(34)33-11-16(12-33)14-3-5-15(6-4-14)20-10-22(35-32-20,24(29,30)31)17-7-18(23(26,27)28)9-19(25)8-17/h3-9,13,16H,10-12H2,1-2H3. The number of carbonyl (C=O) groups is 1. The highest BCUT2D eigenvalue weighted by Gasteiger charge is 2.62. The largest absolute Gasteiger partial charge is 0.435 e.